The molecule has 24 heavy (non-hydrogen) atoms. The van der Waals surface area contributed by atoms with E-state index in [2.05, 4.69) is 10.6 Å². The molecule has 2 amide bonds. The van der Waals surface area contributed by atoms with E-state index in [0.717, 1.165) is 17.7 Å². The third kappa shape index (κ3) is 3.32. The van der Waals surface area contributed by atoms with Gasteiger partial charge >= 0.3 is 0 Å². The number of hydrogen-bond donors (Lipinski definition) is 3. The molecule has 0 saturated carbocycles. The second-order valence-electron chi connectivity index (χ2n) is 5.42. The van der Waals surface area contributed by atoms with Crippen molar-refractivity contribution < 1.29 is 14.3 Å². The van der Waals surface area contributed by atoms with Crippen LogP contribution in [0.1, 0.15) is 22.8 Å². The Labute approximate surface area is 147 Å². The Bertz CT molecular complexity index is 806. The smallest absolute Gasteiger partial charge is 0.251 e. The van der Waals surface area contributed by atoms with Crippen molar-refractivity contribution in [3.05, 3.63) is 39.7 Å². The molecule has 0 fully saturated rings. The van der Waals surface area contributed by atoms with E-state index >= 15 is 0 Å². The van der Waals surface area contributed by atoms with Crippen molar-refractivity contribution in [2.75, 3.05) is 17.2 Å². The fraction of sp³-hybridized carbons (Fsp3) is 0.250. The minimum absolute atomic E-state index is 0.285. The van der Waals surface area contributed by atoms with Crippen LogP contribution in [0.4, 0.5) is 10.7 Å². The molecule has 3 rings (SSSR count). The molecule has 0 spiro atoms. The van der Waals surface area contributed by atoms with Crippen LogP contribution in [0.25, 0.3) is 0 Å². The van der Waals surface area contributed by atoms with Crippen molar-refractivity contribution in [3.63, 3.8) is 0 Å². The summed E-state index contributed by atoms with van der Waals surface area (Å²) >= 11 is 7.36. The van der Waals surface area contributed by atoms with Gasteiger partial charge in [0.15, 0.2) is 0 Å². The number of primary amides is 1. The minimum Gasteiger partial charge on any atom is -0.491 e. The number of carbonyl (C=O) groups excluding carboxylic acids is 2. The number of anilines is 2. The van der Waals surface area contributed by atoms with E-state index in [-0.39, 0.29) is 5.91 Å². The molecule has 2 aromatic rings. The number of ether oxygens (including phenoxy) is 1. The lowest BCUT2D eigenvalue weighted by Gasteiger charge is -2.17. The second-order valence-corrected chi connectivity index (χ2v) is 6.78. The number of nitrogens with two attached hydrogens (primary N) is 1. The summed E-state index contributed by atoms with van der Waals surface area (Å²) in [6.45, 7) is 2.32. The van der Waals surface area contributed by atoms with Gasteiger partial charge in [-0.15, -0.1) is 11.3 Å². The van der Waals surface area contributed by atoms with Crippen LogP contribution >= 0.6 is 22.9 Å². The van der Waals surface area contributed by atoms with E-state index in [9.17, 15) is 9.59 Å². The standard InChI is InChI=1S/C16H16ClN3O3S/c1-8(15(22)20-16-11(14(18)21)3-5-24-16)19-12-7-10(17)6-9-2-4-23-13(9)12/h3,5-8,19H,2,4H2,1H3,(H2,18,21)(H,20,22). The Morgan fingerprint density at radius 3 is 2.96 bits per heavy atom. The number of fused-ring (bicyclic) bond motifs is 1. The van der Waals surface area contributed by atoms with Crippen LogP contribution in [-0.2, 0) is 11.2 Å². The normalized spacial score (nSPS) is 13.8. The van der Waals surface area contributed by atoms with Crippen LogP contribution in [-0.4, -0.2) is 24.5 Å². The highest BCUT2D eigenvalue weighted by Crippen LogP contribution is 2.37. The molecule has 1 atom stereocenters. The molecule has 0 aliphatic carbocycles. The molecule has 1 unspecified atom stereocenters. The highest BCUT2D eigenvalue weighted by atomic mass is 35.5. The summed E-state index contributed by atoms with van der Waals surface area (Å²) < 4.78 is 5.61. The molecular formula is C16H16ClN3O3S. The monoisotopic (exact) mass is 365 g/mol. The van der Waals surface area contributed by atoms with Gasteiger partial charge in [-0.05, 0) is 30.5 Å². The van der Waals surface area contributed by atoms with E-state index in [1.165, 1.54) is 11.3 Å². The van der Waals surface area contributed by atoms with Crippen molar-refractivity contribution in [2.24, 2.45) is 5.73 Å². The molecule has 1 aliphatic rings. The zero-order valence-electron chi connectivity index (χ0n) is 12.9. The summed E-state index contributed by atoms with van der Waals surface area (Å²) in [4.78, 5) is 23.7. The largest absolute Gasteiger partial charge is 0.491 e. The van der Waals surface area contributed by atoms with Crippen molar-refractivity contribution in [3.8, 4) is 5.75 Å². The summed E-state index contributed by atoms with van der Waals surface area (Å²) in [5.74, 6) is -0.132. The van der Waals surface area contributed by atoms with Gasteiger partial charge in [0.05, 0.1) is 17.9 Å². The predicted molar refractivity (Wildman–Crippen MR) is 95.2 cm³/mol. The molecule has 1 aliphatic heterocycles. The molecule has 0 bridgehead atoms. The highest BCUT2D eigenvalue weighted by Gasteiger charge is 2.22. The number of thiophene rings is 1. The molecule has 1 aromatic carbocycles. The Morgan fingerprint density at radius 1 is 1.42 bits per heavy atom. The second kappa shape index (κ2) is 6.70. The third-order valence-electron chi connectivity index (χ3n) is 3.68. The first-order valence-electron chi connectivity index (χ1n) is 7.35. The summed E-state index contributed by atoms with van der Waals surface area (Å²) in [7, 11) is 0. The molecule has 4 N–H and O–H groups in total. The van der Waals surface area contributed by atoms with Gasteiger partial charge in [-0.2, -0.15) is 0 Å². The van der Waals surface area contributed by atoms with E-state index in [1.807, 2.05) is 6.07 Å². The Balaban J connectivity index is 1.73. The van der Waals surface area contributed by atoms with E-state index in [4.69, 9.17) is 22.1 Å². The molecule has 0 saturated heterocycles. The van der Waals surface area contributed by atoms with E-state index in [0.29, 0.717) is 27.9 Å². The van der Waals surface area contributed by atoms with Crippen LogP contribution in [0.15, 0.2) is 23.6 Å². The fourth-order valence-electron chi connectivity index (χ4n) is 2.50. The van der Waals surface area contributed by atoms with E-state index < -0.39 is 11.9 Å². The van der Waals surface area contributed by atoms with Crippen molar-refractivity contribution >= 4 is 45.4 Å². The third-order valence-corrected chi connectivity index (χ3v) is 4.73. The lowest BCUT2D eigenvalue weighted by molar-refractivity contribution is -0.116. The van der Waals surface area contributed by atoms with Gasteiger partial charge in [0.2, 0.25) is 5.91 Å². The number of nitrogens with one attached hydrogen (secondary N) is 2. The first-order valence-corrected chi connectivity index (χ1v) is 8.61. The predicted octanol–water partition coefficient (Wildman–Crippen LogP) is 2.87. The van der Waals surface area contributed by atoms with Crippen molar-refractivity contribution in [2.45, 2.75) is 19.4 Å². The summed E-state index contributed by atoms with van der Waals surface area (Å²) in [6.07, 6.45) is 0.794. The van der Waals surface area contributed by atoms with Gasteiger partial charge in [0.25, 0.3) is 5.91 Å². The van der Waals surface area contributed by atoms with Crippen LogP contribution < -0.4 is 21.1 Å². The lowest BCUT2D eigenvalue weighted by Crippen LogP contribution is -2.32. The lowest BCUT2D eigenvalue weighted by atomic mass is 10.1. The van der Waals surface area contributed by atoms with Gasteiger partial charge < -0.3 is 21.1 Å². The van der Waals surface area contributed by atoms with Crippen molar-refractivity contribution in [1.29, 1.82) is 0 Å². The van der Waals surface area contributed by atoms with Crippen LogP contribution in [0.5, 0.6) is 5.75 Å². The zero-order chi connectivity index (χ0) is 17.3. The average molecular weight is 366 g/mol. The fourth-order valence-corrected chi connectivity index (χ4v) is 3.53. The molecular weight excluding hydrogens is 350 g/mol. The quantitative estimate of drug-likeness (QED) is 0.759. The van der Waals surface area contributed by atoms with Gasteiger partial charge in [0, 0.05) is 17.0 Å². The minimum atomic E-state index is -0.576. The van der Waals surface area contributed by atoms with Crippen LogP contribution in [0, 0.1) is 0 Å². The van der Waals surface area contributed by atoms with Gasteiger partial charge in [-0.1, -0.05) is 11.6 Å². The molecule has 2 heterocycles. The zero-order valence-corrected chi connectivity index (χ0v) is 14.5. The summed E-state index contributed by atoms with van der Waals surface area (Å²) in [6, 6.07) is 4.62. The molecule has 126 valence electrons. The van der Waals surface area contributed by atoms with Gasteiger partial charge in [-0.25, -0.2) is 0 Å². The number of rotatable bonds is 5. The molecule has 8 heteroatoms. The van der Waals surface area contributed by atoms with E-state index in [1.54, 1.807) is 24.4 Å². The SMILES string of the molecule is CC(Nc1cc(Cl)cc2c1OCC2)C(=O)Nc1sccc1C(N)=O. The number of hydrogen-bond acceptors (Lipinski definition) is 5. The highest BCUT2D eigenvalue weighted by molar-refractivity contribution is 7.14. The number of amides is 2. The topological polar surface area (TPSA) is 93.4 Å². The Morgan fingerprint density at radius 2 is 2.21 bits per heavy atom. The summed E-state index contributed by atoms with van der Waals surface area (Å²) in [5, 5.41) is 8.55. The number of carbonyl (C=O) groups is 2. The van der Waals surface area contributed by atoms with Crippen LogP contribution in [0.2, 0.25) is 5.02 Å². The van der Waals surface area contributed by atoms with Crippen molar-refractivity contribution in [1.82, 2.24) is 0 Å². The first kappa shape index (κ1) is 16.6. The maximum absolute atomic E-state index is 12.4. The molecule has 1 aromatic heterocycles. The number of halogens is 1. The number of benzene rings is 1. The molecule has 0 radical (unpaired) electrons. The van der Waals surface area contributed by atoms with Gasteiger partial charge in [0.1, 0.15) is 16.8 Å². The Kier molecular flexibility index (Phi) is 4.64. The Hall–Kier alpha value is -2.25. The first-order chi connectivity index (χ1) is 11.5. The van der Waals surface area contributed by atoms with Crippen LogP contribution in [0.3, 0.4) is 0 Å². The maximum atomic E-state index is 12.4. The average Bonchev–Trinajstić information content (AvgIpc) is 3.15. The summed E-state index contributed by atoms with van der Waals surface area (Å²) in [5.41, 5.74) is 7.28. The van der Waals surface area contributed by atoms with Gasteiger partial charge in [-0.3, -0.25) is 9.59 Å². The molecule has 6 nitrogen and oxygen atoms in total. The maximum Gasteiger partial charge on any atom is 0.251 e.